The molecule has 0 atom stereocenters. The van der Waals surface area contributed by atoms with Crippen molar-refractivity contribution in [3.63, 3.8) is 0 Å². The zero-order chi connectivity index (χ0) is 9.99. The van der Waals surface area contributed by atoms with E-state index < -0.39 is 0 Å². The average Bonchev–Trinajstić information content (AvgIpc) is 1.49. The summed E-state index contributed by atoms with van der Waals surface area (Å²) in [6, 6.07) is 0. The summed E-state index contributed by atoms with van der Waals surface area (Å²) in [4.78, 5) is 2.49. The number of hydrogen-bond donors (Lipinski definition) is 0. The Labute approximate surface area is 81.5 Å². The molecule has 0 unspecified atom stereocenters. The van der Waals surface area contributed by atoms with Gasteiger partial charge in [0.2, 0.25) is 0 Å². The van der Waals surface area contributed by atoms with Crippen molar-refractivity contribution < 1.29 is 0 Å². The highest BCUT2D eigenvalue weighted by atomic mass is 32.3. The molecular formula is C9H25NS2. The lowest BCUT2D eigenvalue weighted by atomic mass is 11.0. The first-order valence-electron chi connectivity index (χ1n) is 4.11. The summed E-state index contributed by atoms with van der Waals surface area (Å²) in [5.74, 6) is 2.55. The first-order valence-corrected chi connectivity index (χ1v) is 10.2. The van der Waals surface area contributed by atoms with Gasteiger partial charge in [-0.2, -0.15) is 0 Å². The Bertz CT molecular complexity index is 116. The van der Waals surface area contributed by atoms with Crippen LogP contribution in [0.25, 0.3) is 0 Å². The van der Waals surface area contributed by atoms with Crippen LogP contribution in [0.2, 0.25) is 0 Å². The summed E-state index contributed by atoms with van der Waals surface area (Å²) >= 11 is 0. The molecule has 0 aliphatic carbocycles. The summed E-state index contributed by atoms with van der Waals surface area (Å²) < 4.78 is 0. The molecule has 0 aromatic heterocycles. The lowest BCUT2D eigenvalue weighted by Crippen LogP contribution is -2.26. The molecule has 0 saturated heterocycles. The Morgan fingerprint density at radius 3 is 1.17 bits per heavy atom. The third-order valence-electron chi connectivity index (χ3n) is 1.22. The second-order valence-corrected chi connectivity index (χ2v) is 14.2. The van der Waals surface area contributed by atoms with Crippen LogP contribution in [0, 0.1) is 0 Å². The molecule has 0 rings (SSSR count). The van der Waals surface area contributed by atoms with Crippen molar-refractivity contribution in [3.05, 3.63) is 0 Å². The van der Waals surface area contributed by atoms with Gasteiger partial charge < -0.3 is 0 Å². The van der Waals surface area contributed by atoms with E-state index in [1.54, 1.807) is 0 Å². The highest BCUT2D eigenvalue weighted by Crippen LogP contribution is 2.39. The molecule has 0 radical (unpaired) electrons. The molecule has 3 heteroatoms. The van der Waals surface area contributed by atoms with E-state index in [9.17, 15) is 0 Å². The molecular weight excluding hydrogens is 186 g/mol. The number of nitrogens with zero attached hydrogens (tertiary/aromatic N) is 1. The van der Waals surface area contributed by atoms with Gasteiger partial charge in [0.05, 0.1) is 0 Å². The zero-order valence-electron chi connectivity index (χ0n) is 9.68. The van der Waals surface area contributed by atoms with Crippen molar-refractivity contribution in [2.45, 2.75) is 0 Å². The van der Waals surface area contributed by atoms with Gasteiger partial charge in [-0.25, -0.2) is 20.1 Å². The quantitative estimate of drug-likeness (QED) is 0.689. The molecule has 0 aliphatic heterocycles. The summed E-state index contributed by atoms with van der Waals surface area (Å²) in [6.45, 7) is 0. The van der Waals surface area contributed by atoms with Gasteiger partial charge in [0.15, 0.2) is 0 Å². The monoisotopic (exact) mass is 211 g/mol. The van der Waals surface area contributed by atoms with Gasteiger partial charge in [0.25, 0.3) is 0 Å². The third kappa shape index (κ3) is 8.75. The summed E-state index contributed by atoms with van der Waals surface area (Å²) in [7, 11) is 1.53. The highest BCUT2D eigenvalue weighted by molar-refractivity contribution is 8.32. The van der Waals surface area contributed by atoms with E-state index in [-0.39, 0.29) is 20.1 Å². The van der Waals surface area contributed by atoms with Gasteiger partial charge in [-0.1, -0.05) is 0 Å². The van der Waals surface area contributed by atoms with Crippen molar-refractivity contribution in [3.8, 4) is 0 Å². The maximum Gasteiger partial charge on any atom is 0.0287 e. The molecule has 0 spiro atoms. The second-order valence-electron chi connectivity index (χ2n) is 5.30. The van der Waals surface area contributed by atoms with E-state index in [2.05, 4.69) is 49.5 Å². The van der Waals surface area contributed by atoms with Crippen LogP contribution < -0.4 is 0 Å². The molecule has 0 N–H and O–H groups in total. The maximum absolute atomic E-state index is 2.49. The minimum atomic E-state index is -0.356. The summed E-state index contributed by atoms with van der Waals surface area (Å²) in [5.41, 5.74) is 0. The van der Waals surface area contributed by atoms with Crippen LogP contribution >= 0.6 is 20.1 Å². The van der Waals surface area contributed by atoms with Gasteiger partial charge >= 0.3 is 0 Å². The van der Waals surface area contributed by atoms with E-state index >= 15 is 0 Å². The van der Waals surface area contributed by atoms with Crippen LogP contribution in [0.1, 0.15) is 0 Å². The van der Waals surface area contributed by atoms with Gasteiger partial charge in [0.1, 0.15) is 0 Å². The first-order chi connectivity index (χ1) is 5.10. The van der Waals surface area contributed by atoms with E-state index in [0.717, 1.165) is 0 Å². The SMILES string of the molecule is CN(CS(C)(C)C)CS(C)(C)C. The van der Waals surface area contributed by atoms with Gasteiger partial charge in [-0.15, -0.1) is 0 Å². The molecule has 78 valence electrons. The largest absolute Gasteiger partial charge is 0.291 e. The van der Waals surface area contributed by atoms with Crippen molar-refractivity contribution in [1.29, 1.82) is 0 Å². The highest BCUT2D eigenvalue weighted by Gasteiger charge is 2.12. The molecule has 0 bridgehead atoms. The lowest BCUT2D eigenvalue weighted by molar-refractivity contribution is 0.461. The van der Waals surface area contributed by atoms with E-state index in [4.69, 9.17) is 0 Å². The van der Waals surface area contributed by atoms with Crippen molar-refractivity contribution in [1.82, 2.24) is 4.90 Å². The zero-order valence-corrected chi connectivity index (χ0v) is 11.3. The van der Waals surface area contributed by atoms with Gasteiger partial charge in [-0.3, -0.25) is 4.90 Å². The Balaban J connectivity index is 3.83. The van der Waals surface area contributed by atoms with Crippen molar-refractivity contribution in [2.75, 3.05) is 56.3 Å². The molecule has 0 fully saturated rings. The van der Waals surface area contributed by atoms with Gasteiger partial charge in [-0.05, 0) is 44.6 Å². The predicted molar refractivity (Wildman–Crippen MR) is 68.2 cm³/mol. The van der Waals surface area contributed by atoms with Crippen molar-refractivity contribution >= 4 is 20.1 Å². The molecule has 0 aromatic carbocycles. The molecule has 0 aromatic rings. The van der Waals surface area contributed by atoms with Crippen molar-refractivity contribution in [2.24, 2.45) is 0 Å². The van der Waals surface area contributed by atoms with Crippen LogP contribution in [-0.2, 0) is 0 Å². The van der Waals surface area contributed by atoms with Crippen LogP contribution in [0.15, 0.2) is 0 Å². The average molecular weight is 211 g/mol. The van der Waals surface area contributed by atoms with Crippen LogP contribution in [0.5, 0.6) is 0 Å². The Morgan fingerprint density at radius 1 is 0.750 bits per heavy atom. The second kappa shape index (κ2) is 4.25. The minimum Gasteiger partial charge on any atom is -0.291 e. The molecule has 0 saturated carbocycles. The topological polar surface area (TPSA) is 3.24 Å². The Morgan fingerprint density at radius 2 is 1.00 bits per heavy atom. The van der Waals surface area contributed by atoms with E-state index in [1.807, 2.05) is 0 Å². The van der Waals surface area contributed by atoms with Gasteiger partial charge in [0, 0.05) is 11.8 Å². The summed E-state index contributed by atoms with van der Waals surface area (Å²) in [6.07, 6.45) is 14.3. The normalized spacial score (nSPS) is 16.7. The predicted octanol–water partition coefficient (Wildman–Crippen LogP) is 2.22. The molecule has 1 nitrogen and oxygen atoms in total. The smallest absolute Gasteiger partial charge is 0.0287 e. The fourth-order valence-corrected chi connectivity index (χ4v) is 4.30. The maximum atomic E-state index is 2.49. The number of rotatable bonds is 4. The summed E-state index contributed by atoms with van der Waals surface area (Å²) in [5, 5.41) is 0. The third-order valence-corrected chi connectivity index (χ3v) is 3.65. The molecule has 0 heterocycles. The fraction of sp³-hybridized carbons (Fsp3) is 1.00. The Kier molecular flexibility index (Phi) is 4.48. The molecule has 0 aliphatic rings. The fourth-order valence-electron chi connectivity index (χ4n) is 1.36. The molecule has 12 heavy (non-hydrogen) atoms. The lowest BCUT2D eigenvalue weighted by Gasteiger charge is -2.37. The minimum absolute atomic E-state index is 0.356. The molecule has 0 amide bonds. The number of hydrogen-bond acceptors (Lipinski definition) is 1. The Hall–Kier alpha value is 0.660. The van der Waals surface area contributed by atoms with E-state index in [1.165, 1.54) is 11.8 Å². The standard InChI is InChI=1S/C9H25NS2/c1-10(8-11(2,3)4)9-12(5,6)7/h8-9H2,1-7H3. The van der Waals surface area contributed by atoms with E-state index in [0.29, 0.717) is 0 Å². The van der Waals surface area contributed by atoms with Crippen LogP contribution in [0.3, 0.4) is 0 Å². The van der Waals surface area contributed by atoms with Crippen LogP contribution in [0.4, 0.5) is 0 Å². The first kappa shape index (κ1) is 12.7. The van der Waals surface area contributed by atoms with Crippen LogP contribution in [-0.4, -0.2) is 61.2 Å².